The van der Waals surface area contributed by atoms with E-state index >= 15 is 0 Å². The number of hydrogen-bond donors (Lipinski definition) is 3. The van der Waals surface area contributed by atoms with Gasteiger partial charge in [-0.05, 0) is 42.5 Å². The molecule has 0 aliphatic rings. The van der Waals surface area contributed by atoms with Crippen molar-refractivity contribution in [1.29, 1.82) is 0 Å². The number of furan rings is 1. The van der Waals surface area contributed by atoms with Gasteiger partial charge < -0.3 is 14.5 Å². The lowest BCUT2D eigenvalue weighted by Crippen LogP contribution is -2.22. The van der Waals surface area contributed by atoms with E-state index in [4.69, 9.17) is 16.0 Å². The van der Waals surface area contributed by atoms with E-state index in [2.05, 4.69) is 19.9 Å². The van der Waals surface area contributed by atoms with Crippen LogP contribution >= 0.6 is 11.6 Å². The average molecular weight is 431 g/mol. The van der Waals surface area contributed by atoms with Gasteiger partial charge in [0.25, 0.3) is 0 Å². The predicted molar refractivity (Wildman–Crippen MR) is 108 cm³/mol. The normalized spacial score (nSPS) is 12.2. The molecule has 2 aromatic carbocycles. The van der Waals surface area contributed by atoms with Crippen LogP contribution < -0.4 is 4.72 Å². The van der Waals surface area contributed by atoms with Crippen molar-refractivity contribution in [2.75, 3.05) is 0 Å². The molecule has 0 aliphatic carbocycles. The van der Waals surface area contributed by atoms with Gasteiger partial charge in [-0.2, -0.15) is 0 Å². The molecule has 0 spiro atoms. The summed E-state index contributed by atoms with van der Waals surface area (Å²) in [6, 6.07) is 14.6. The van der Waals surface area contributed by atoms with Crippen LogP contribution in [0.4, 0.5) is 11.4 Å². The van der Waals surface area contributed by atoms with Crippen molar-refractivity contribution in [2.24, 2.45) is 10.2 Å². The van der Waals surface area contributed by atoms with E-state index in [-0.39, 0.29) is 23.0 Å². The van der Waals surface area contributed by atoms with Gasteiger partial charge in [0.15, 0.2) is 5.69 Å². The molecule has 0 fully saturated rings. The highest BCUT2D eigenvalue weighted by molar-refractivity contribution is 7.89. The molecular formula is C19H15ClN4O4S. The standard InChI is InChI=1S/C19H15ClN4O4S/c20-15-5-1-2-6-17(15)23-24-18-14-10-13(7-8-16(14)22-19(18)25)29(26,27)21-11-12-4-3-9-28-12/h1-10,21-22,25H,11H2. The lowest BCUT2D eigenvalue weighted by molar-refractivity contribution is 0.459. The third-order valence-corrected chi connectivity index (χ3v) is 5.88. The molecule has 0 bridgehead atoms. The van der Waals surface area contributed by atoms with Crippen molar-refractivity contribution in [2.45, 2.75) is 11.4 Å². The molecule has 8 nitrogen and oxygen atoms in total. The number of hydrogen-bond acceptors (Lipinski definition) is 6. The fraction of sp³-hybridized carbons (Fsp3) is 0.0526. The molecule has 3 N–H and O–H groups in total. The maximum Gasteiger partial charge on any atom is 0.241 e. The second kappa shape index (κ2) is 7.70. The van der Waals surface area contributed by atoms with Crippen LogP contribution in [0.5, 0.6) is 5.88 Å². The summed E-state index contributed by atoms with van der Waals surface area (Å²) < 4.78 is 32.8. The van der Waals surface area contributed by atoms with E-state index in [9.17, 15) is 13.5 Å². The minimum atomic E-state index is -3.81. The van der Waals surface area contributed by atoms with Crippen molar-refractivity contribution in [3.63, 3.8) is 0 Å². The number of aromatic amines is 1. The molecule has 4 rings (SSSR count). The Labute approximate surface area is 170 Å². The van der Waals surface area contributed by atoms with E-state index in [0.717, 1.165) is 0 Å². The first-order valence-electron chi connectivity index (χ1n) is 8.47. The Hall–Kier alpha value is -3.14. The highest BCUT2D eigenvalue weighted by Gasteiger charge is 2.18. The van der Waals surface area contributed by atoms with Gasteiger partial charge >= 0.3 is 0 Å². The van der Waals surface area contributed by atoms with Gasteiger partial charge in [0.2, 0.25) is 15.9 Å². The first-order chi connectivity index (χ1) is 13.9. The second-order valence-electron chi connectivity index (χ2n) is 6.08. The fourth-order valence-electron chi connectivity index (χ4n) is 2.71. The third kappa shape index (κ3) is 4.02. The van der Waals surface area contributed by atoms with Gasteiger partial charge in [-0.1, -0.05) is 23.7 Å². The molecule has 0 unspecified atom stereocenters. The number of nitrogens with one attached hydrogen (secondary N) is 2. The Morgan fingerprint density at radius 2 is 1.93 bits per heavy atom. The number of aromatic hydroxyl groups is 1. The van der Waals surface area contributed by atoms with E-state index in [1.165, 1.54) is 18.4 Å². The maximum atomic E-state index is 12.6. The van der Waals surface area contributed by atoms with Crippen molar-refractivity contribution in [3.8, 4) is 5.88 Å². The first kappa shape index (κ1) is 19.2. The lowest BCUT2D eigenvalue weighted by atomic mass is 10.2. The van der Waals surface area contributed by atoms with Gasteiger partial charge in [-0.25, -0.2) is 13.1 Å². The molecule has 10 heteroatoms. The average Bonchev–Trinajstić information content (AvgIpc) is 3.33. The number of sulfonamides is 1. The molecule has 29 heavy (non-hydrogen) atoms. The zero-order valence-electron chi connectivity index (χ0n) is 14.8. The smallest absolute Gasteiger partial charge is 0.241 e. The Morgan fingerprint density at radius 1 is 1.10 bits per heavy atom. The van der Waals surface area contributed by atoms with Crippen LogP contribution in [-0.2, 0) is 16.6 Å². The van der Waals surface area contributed by atoms with E-state index in [1.54, 1.807) is 42.5 Å². The van der Waals surface area contributed by atoms with Gasteiger partial charge in [0.05, 0.1) is 28.2 Å². The Morgan fingerprint density at radius 3 is 2.69 bits per heavy atom. The number of azo groups is 1. The second-order valence-corrected chi connectivity index (χ2v) is 8.26. The fourth-order valence-corrected chi connectivity index (χ4v) is 3.90. The number of H-pyrrole nitrogens is 1. The van der Waals surface area contributed by atoms with Crippen molar-refractivity contribution in [1.82, 2.24) is 9.71 Å². The Bertz CT molecular complexity index is 1300. The highest BCUT2D eigenvalue weighted by Crippen LogP contribution is 2.38. The van der Waals surface area contributed by atoms with Crippen LogP contribution in [0.3, 0.4) is 0 Å². The molecule has 0 radical (unpaired) electrons. The molecule has 4 aromatic rings. The summed E-state index contributed by atoms with van der Waals surface area (Å²) >= 11 is 6.07. The molecule has 0 amide bonds. The number of aromatic nitrogens is 1. The van der Waals surface area contributed by atoms with E-state index < -0.39 is 10.0 Å². The number of fused-ring (bicyclic) bond motifs is 1. The minimum Gasteiger partial charge on any atom is -0.493 e. The largest absolute Gasteiger partial charge is 0.493 e. The SMILES string of the molecule is O=S(=O)(NCc1ccco1)c1ccc2[nH]c(O)c(N=Nc3ccccc3Cl)c2c1. The Balaban J connectivity index is 1.68. The van der Waals surface area contributed by atoms with Crippen LogP contribution in [-0.4, -0.2) is 18.5 Å². The Kier molecular flexibility index (Phi) is 5.10. The molecule has 0 saturated heterocycles. The van der Waals surface area contributed by atoms with Crippen LogP contribution in [0, 0.1) is 0 Å². The van der Waals surface area contributed by atoms with Gasteiger partial charge in [-0.3, -0.25) is 0 Å². The maximum absolute atomic E-state index is 12.6. The molecular weight excluding hydrogens is 416 g/mol. The van der Waals surface area contributed by atoms with Crippen LogP contribution in [0.2, 0.25) is 5.02 Å². The molecule has 0 saturated carbocycles. The summed E-state index contributed by atoms with van der Waals surface area (Å²) in [6.45, 7) is 0.0187. The third-order valence-electron chi connectivity index (χ3n) is 4.16. The van der Waals surface area contributed by atoms with Crippen molar-refractivity contribution in [3.05, 3.63) is 71.6 Å². The summed E-state index contributed by atoms with van der Waals surface area (Å²) in [6.07, 6.45) is 1.47. The zero-order chi connectivity index (χ0) is 20.4. The number of benzene rings is 2. The van der Waals surface area contributed by atoms with Gasteiger partial charge in [0, 0.05) is 5.39 Å². The molecule has 2 heterocycles. The van der Waals surface area contributed by atoms with E-state index in [1.807, 2.05) is 0 Å². The van der Waals surface area contributed by atoms with Crippen LogP contribution in [0.1, 0.15) is 5.76 Å². The topological polar surface area (TPSA) is 120 Å². The molecule has 0 atom stereocenters. The molecule has 2 aromatic heterocycles. The summed E-state index contributed by atoms with van der Waals surface area (Å²) in [4.78, 5) is 2.77. The van der Waals surface area contributed by atoms with E-state index in [0.29, 0.717) is 27.4 Å². The molecule has 0 aliphatic heterocycles. The van der Waals surface area contributed by atoms with Crippen LogP contribution in [0.25, 0.3) is 10.9 Å². The quantitative estimate of drug-likeness (QED) is 0.372. The minimum absolute atomic E-state index is 0.0183. The van der Waals surface area contributed by atoms with Gasteiger partial charge in [-0.15, -0.1) is 10.2 Å². The van der Waals surface area contributed by atoms with Gasteiger partial charge in [0.1, 0.15) is 11.4 Å². The number of nitrogens with zero attached hydrogens (tertiary/aromatic N) is 2. The number of rotatable bonds is 6. The monoisotopic (exact) mass is 430 g/mol. The molecule has 148 valence electrons. The summed E-state index contributed by atoms with van der Waals surface area (Å²) in [5.74, 6) is 0.261. The lowest BCUT2D eigenvalue weighted by Gasteiger charge is -2.05. The zero-order valence-corrected chi connectivity index (χ0v) is 16.4. The first-order valence-corrected chi connectivity index (χ1v) is 10.3. The summed E-state index contributed by atoms with van der Waals surface area (Å²) in [5, 5.41) is 19.1. The van der Waals surface area contributed by atoms with Crippen LogP contribution in [0.15, 0.2) is 80.4 Å². The summed E-state index contributed by atoms with van der Waals surface area (Å²) in [5.41, 5.74) is 1.05. The van der Waals surface area contributed by atoms with Crippen molar-refractivity contribution >= 4 is 43.9 Å². The highest BCUT2D eigenvalue weighted by atomic mass is 35.5. The predicted octanol–water partition coefficient (Wildman–Crippen LogP) is 5.01. The van der Waals surface area contributed by atoms with Crippen molar-refractivity contribution < 1.29 is 17.9 Å². The summed E-state index contributed by atoms with van der Waals surface area (Å²) in [7, 11) is -3.81. The number of halogens is 1.